The molecule has 1 aliphatic rings. The Kier molecular flexibility index (Phi) is 3.06. The van der Waals surface area contributed by atoms with Gasteiger partial charge in [-0.2, -0.15) is 5.10 Å². The summed E-state index contributed by atoms with van der Waals surface area (Å²) in [5, 5.41) is 4.12. The normalized spacial score (nSPS) is 13.8. The molecule has 0 aliphatic carbocycles. The van der Waals surface area contributed by atoms with Gasteiger partial charge in [-0.25, -0.2) is 4.68 Å². The molecule has 1 aliphatic heterocycles. The Hall–Kier alpha value is -2.50. The van der Waals surface area contributed by atoms with Crippen molar-refractivity contribution < 1.29 is 9.53 Å². The minimum absolute atomic E-state index is 0.141. The van der Waals surface area contributed by atoms with Crippen LogP contribution >= 0.6 is 0 Å². The average Bonchev–Trinajstić information content (AvgIpc) is 2.87. The quantitative estimate of drug-likeness (QED) is 0.899. The average molecular weight is 272 g/mol. The monoisotopic (exact) mass is 272 g/mol. The molecule has 0 unspecified atom stereocenters. The highest BCUT2D eigenvalue weighted by molar-refractivity contribution is 6.09. The molecule has 1 aromatic heterocycles. The van der Waals surface area contributed by atoms with Gasteiger partial charge in [0.05, 0.1) is 18.4 Å². The highest BCUT2D eigenvalue weighted by Crippen LogP contribution is 2.32. The van der Waals surface area contributed by atoms with E-state index < -0.39 is 0 Å². The van der Waals surface area contributed by atoms with Gasteiger partial charge in [-0.05, 0) is 19.1 Å². The van der Waals surface area contributed by atoms with Crippen molar-refractivity contribution in [3.63, 3.8) is 0 Å². The van der Waals surface area contributed by atoms with E-state index in [1.165, 1.54) is 6.20 Å². The third kappa shape index (κ3) is 1.89. The maximum atomic E-state index is 12.6. The number of fused-ring (bicyclic) bond motifs is 1. The first-order valence-corrected chi connectivity index (χ1v) is 6.57. The van der Waals surface area contributed by atoms with Crippen LogP contribution < -0.4 is 15.4 Å². The number of aryl methyl sites for hydroxylation is 1. The van der Waals surface area contributed by atoms with Crippen molar-refractivity contribution in [1.82, 2.24) is 9.78 Å². The van der Waals surface area contributed by atoms with E-state index in [2.05, 4.69) is 5.10 Å². The molecule has 0 saturated heterocycles. The number of nitrogens with two attached hydrogens (primary N) is 1. The summed E-state index contributed by atoms with van der Waals surface area (Å²) < 4.78 is 7.16. The number of para-hydroxylation sites is 2. The van der Waals surface area contributed by atoms with Crippen LogP contribution in [-0.2, 0) is 6.54 Å². The number of benzene rings is 1. The molecule has 0 radical (unpaired) electrons. The maximum absolute atomic E-state index is 12.6. The van der Waals surface area contributed by atoms with Gasteiger partial charge < -0.3 is 15.4 Å². The minimum Gasteiger partial charge on any atom is -0.490 e. The summed E-state index contributed by atoms with van der Waals surface area (Å²) in [7, 11) is 0. The Labute approximate surface area is 116 Å². The first kappa shape index (κ1) is 12.5. The van der Waals surface area contributed by atoms with Crippen LogP contribution in [0.2, 0.25) is 0 Å². The lowest BCUT2D eigenvalue weighted by Gasteiger charge is -2.29. The lowest BCUT2D eigenvalue weighted by molar-refractivity contribution is 0.0977. The SMILES string of the molecule is CCn1ncc(C(=O)N2CCOc3ccccc32)c1N. The number of anilines is 2. The van der Waals surface area contributed by atoms with Gasteiger partial charge in [-0.3, -0.25) is 4.79 Å². The molecule has 2 aromatic rings. The number of carbonyl (C=O) groups excluding carboxylic acids is 1. The van der Waals surface area contributed by atoms with E-state index in [9.17, 15) is 4.79 Å². The third-order valence-corrected chi connectivity index (χ3v) is 3.38. The van der Waals surface area contributed by atoms with E-state index in [0.717, 1.165) is 5.69 Å². The largest absolute Gasteiger partial charge is 0.490 e. The van der Waals surface area contributed by atoms with Gasteiger partial charge in [0.15, 0.2) is 0 Å². The first-order chi connectivity index (χ1) is 9.72. The fourth-order valence-corrected chi connectivity index (χ4v) is 2.34. The zero-order valence-electron chi connectivity index (χ0n) is 11.2. The van der Waals surface area contributed by atoms with E-state index in [-0.39, 0.29) is 5.91 Å². The van der Waals surface area contributed by atoms with Crippen molar-refractivity contribution in [3.05, 3.63) is 36.0 Å². The molecule has 20 heavy (non-hydrogen) atoms. The number of hydrogen-bond acceptors (Lipinski definition) is 4. The summed E-state index contributed by atoms with van der Waals surface area (Å²) in [5.74, 6) is 0.980. The summed E-state index contributed by atoms with van der Waals surface area (Å²) in [6.45, 7) is 3.55. The lowest BCUT2D eigenvalue weighted by atomic mass is 10.2. The third-order valence-electron chi connectivity index (χ3n) is 3.38. The number of hydrogen-bond donors (Lipinski definition) is 1. The molecule has 0 spiro atoms. The van der Waals surface area contributed by atoms with Crippen LogP contribution in [0.4, 0.5) is 11.5 Å². The standard InChI is InChI=1S/C14H16N4O2/c1-2-18-13(15)10(9-16-18)14(19)17-7-8-20-12-6-4-3-5-11(12)17/h3-6,9H,2,7-8,15H2,1H3. The highest BCUT2D eigenvalue weighted by atomic mass is 16.5. The second-order valence-corrected chi connectivity index (χ2v) is 4.53. The van der Waals surface area contributed by atoms with Crippen molar-refractivity contribution in [3.8, 4) is 5.75 Å². The van der Waals surface area contributed by atoms with E-state index >= 15 is 0 Å². The summed E-state index contributed by atoms with van der Waals surface area (Å²) >= 11 is 0. The molecule has 0 fully saturated rings. The number of aromatic nitrogens is 2. The minimum atomic E-state index is -0.141. The molecule has 0 bridgehead atoms. The molecule has 1 amide bonds. The van der Waals surface area contributed by atoms with Crippen LogP contribution in [0, 0.1) is 0 Å². The van der Waals surface area contributed by atoms with Gasteiger partial charge in [-0.15, -0.1) is 0 Å². The molecule has 6 nitrogen and oxygen atoms in total. The van der Waals surface area contributed by atoms with Crippen molar-refractivity contribution in [2.75, 3.05) is 23.8 Å². The zero-order chi connectivity index (χ0) is 14.1. The van der Waals surface area contributed by atoms with Crippen molar-refractivity contribution in [2.45, 2.75) is 13.5 Å². The summed E-state index contributed by atoms with van der Waals surface area (Å²) in [5.41, 5.74) is 7.17. The van der Waals surface area contributed by atoms with Gasteiger partial charge in [0.2, 0.25) is 0 Å². The maximum Gasteiger partial charge on any atom is 0.263 e. The zero-order valence-corrected chi connectivity index (χ0v) is 11.2. The smallest absolute Gasteiger partial charge is 0.263 e. The molecule has 2 N–H and O–H groups in total. The Morgan fingerprint density at radius 3 is 3.00 bits per heavy atom. The van der Waals surface area contributed by atoms with Gasteiger partial charge in [0.1, 0.15) is 23.7 Å². The van der Waals surface area contributed by atoms with Crippen LogP contribution in [0.3, 0.4) is 0 Å². The Bertz CT molecular complexity index is 650. The van der Waals surface area contributed by atoms with Crippen LogP contribution in [0.5, 0.6) is 5.75 Å². The topological polar surface area (TPSA) is 73.4 Å². The molecular weight excluding hydrogens is 256 g/mol. The molecule has 104 valence electrons. The second-order valence-electron chi connectivity index (χ2n) is 4.53. The second kappa shape index (κ2) is 4.88. The molecule has 0 atom stereocenters. The fraction of sp³-hybridized carbons (Fsp3) is 0.286. The lowest BCUT2D eigenvalue weighted by Crippen LogP contribution is -2.38. The van der Waals surface area contributed by atoms with Crippen molar-refractivity contribution >= 4 is 17.4 Å². The number of carbonyl (C=O) groups is 1. The van der Waals surface area contributed by atoms with Crippen LogP contribution in [0.1, 0.15) is 17.3 Å². The number of amides is 1. The molecule has 0 saturated carbocycles. The number of ether oxygens (including phenoxy) is 1. The van der Waals surface area contributed by atoms with Crippen molar-refractivity contribution in [1.29, 1.82) is 0 Å². The fourth-order valence-electron chi connectivity index (χ4n) is 2.34. The van der Waals surface area contributed by atoms with E-state index in [1.807, 2.05) is 31.2 Å². The predicted octanol–water partition coefficient (Wildman–Crippen LogP) is 1.52. The van der Waals surface area contributed by atoms with E-state index in [1.54, 1.807) is 9.58 Å². The summed E-state index contributed by atoms with van der Waals surface area (Å²) in [4.78, 5) is 14.3. The molecule has 1 aromatic carbocycles. The molecule has 3 rings (SSSR count). The highest BCUT2D eigenvalue weighted by Gasteiger charge is 2.27. The van der Waals surface area contributed by atoms with E-state index in [4.69, 9.17) is 10.5 Å². The summed E-state index contributed by atoms with van der Waals surface area (Å²) in [6.07, 6.45) is 1.53. The molecular formula is C14H16N4O2. The van der Waals surface area contributed by atoms with Gasteiger partial charge in [0, 0.05) is 6.54 Å². The Morgan fingerprint density at radius 2 is 2.25 bits per heavy atom. The number of nitrogen functional groups attached to an aromatic ring is 1. The van der Waals surface area contributed by atoms with Gasteiger partial charge >= 0.3 is 0 Å². The van der Waals surface area contributed by atoms with Gasteiger partial charge in [0.25, 0.3) is 5.91 Å². The molecule has 2 heterocycles. The van der Waals surface area contributed by atoms with Crippen LogP contribution in [0.15, 0.2) is 30.5 Å². The summed E-state index contributed by atoms with van der Waals surface area (Å²) in [6, 6.07) is 7.49. The molecule has 6 heteroatoms. The van der Waals surface area contributed by atoms with Crippen LogP contribution in [-0.4, -0.2) is 28.8 Å². The Balaban J connectivity index is 1.97. The first-order valence-electron chi connectivity index (χ1n) is 6.57. The van der Waals surface area contributed by atoms with Crippen LogP contribution in [0.25, 0.3) is 0 Å². The number of nitrogens with zero attached hydrogens (tertiary/aromatic N) is 3. The van der Waals surface area contributed by atoms with E-state index in [0.29, 0.717) is 36.8 Å². The predicted molar refractivity (Wildman–Crippen MR) is 75.9 cm³/mol. The van der Waals surface area contributed by atoms with Gasteiger partial charge in [-0.1, -0.05) is 12.1 Å². The van der Waals surface area contributed by atoms with Crippen molar-refractivity contribution in [2.24, 2.45) is 0 Å². The Morgan fingerprint density at radius 1 is 1.45 bits per heavy atom. The number of rotatable bonds is 2.